The van der Waals surface area contributed by atoms with Gasteiger partial charge in [-0.15, -0.1) is 0 Å². The first-order valence-corrected chi connectivity index (χ1v) is 5.38. The van der Waals surface area contributed by atoms with Crippen molar-refractivity contribution in [1.29, 1.82) is 0 Å². The molecule has 0 aliphatic carbocycles. The smallest absolute Gasteiger partial charge is 0.227 e. The highest BCUT2D eigenvalue weighted by Gasteiger charge is 2.29. The van der Waals surface area contributed by atoms with Crippen molar-refractivity contribution >= 4 is 11.6 Å². The van der Waals surface area contributed by atoms with Crippen LogP contribution in [0.4, 0.5) is 10.1 Å². The average molecular weight is 222 g/mol. The van der Waals surface area contributed by atoms with Crippen molar-refractivity contribution in [3.05, 3.63) is 29.6 Å². The zero-order chi connectivity index (χ0) is 11.7. The fourth-order valence-electron chi connectivity index (χ4n) is 1.94. The number of nitrogens with two attached hydrogens (primary N) is 1. The van der Waals surface area contributed by atoms with Gasteiger partial charge >= 0.3 is 0 Å². The predicted molar refractivity (Wildman–Crippen MR) is 60.7 cm³/mol. The summed E-state index contributed by atoms with van der Waals surface area (Å²) in [6, 6.07) is 4.87. The number of hydrogen-bond donors (Lipinski definition) is 1. The highest BCUT2D eigenvalue weighted by Crippen LogP contribution is 2.25. The molecule has 1 aromatic carbocycles. The van der Waals surface area contributed by atoms with Crippen LogP contribution in [0.3, 0.4) is 0 Å². The second kappa shape index (κ2) is 4.22. The van der Waals surface area contributed by atoms with Gasteiger partial charge in [-0.05, 0) is 37.1 Å². The van der Waals surface area contributed by atoms with Crippen molar-refractivity contribution in [3.8, 4) is 0 Å². The SMILES string of the molecule is Cc1ccc(N2CC(CN)CC2=O)cc1F. The van der Waals surface area contributed by atoms with E-state index >= 15 is 0 Å². The molecule has 1 heterocycles. The van der Waals surface area contributed by atoms with Crippen LogP contribution in [0, 0.1) is 18.7 Å². The van der Waals surface area contributed by atoms with Gasteiger partial charge in [0.05, 0.1) is 0 Å². The Morgan fingerprint density at radius 2 is 2.31 bits per heavy atom. The van der Waals surface area contributed by atoms with Crippen molar-refractivity contribution in [3.63, 3.8) is 0 Å². The number of rotatable bonds is 2. The summed E-state index contributed by atoms with van der Waals surface area (Å²) in [4.78, 5) is 13.3. The Balaban J connectivity index is 2.24. The van der Waals surface area contributed by atoms with Gasteiger partial charge in [0.2, 0.25) is 5.91 Å². The normalized spacial score (nSPS) is 20.6. The maximum Gasteiger partial charge on any atom is 0.227 e. The van der Waals surface area contributed by atoms with Crippen molar-refractivity contribution in [2.24, 2.45) is 11.7 Å². The Hall–Kier alpha value is -1.42. The molecule has 1 aromatic rings. The molecule has 2 N–H and O–H groups in total. The summed E-state index contributed by atoms with van der Waals surface area (Å²) in [6.07, 6.45) is 0.464. The number of amides is 1. The van der Waals surface area contributed by atoms with Gasteiger partial charge < -0.3 is 10.6 Å². The molecule has 1 aliphatic heterocycles. The minimum Gasteiger partial charge on any atom is -0.330 e. The van der Waals surface area contributed by atoms with Crippen molar-refractivity contribution in [1.82, 2.24) is 0 Å². The largest absolute Gasteiger partial charge is 0.330 e. The molecule has 3 nitrogen and oxygen atoms in total. The number of hydrogen-bond acceptors (Lipinski definition) is 2. The maximum atomic E-state index is 13.4. The van der Waals surface area contributed by atoms with Crippen LogP contribution in [0.5, 0.6) is 0 Å². The topological polar surface area (TPSA) is 46.3 Å². The van der Waals surface area contributed by atoms with E-state index in [9.17, 15) is 9.18 Å². The van der Waals surface area contributed by atoms with Crippen LogP contribution in [-0.2, 0) is 4.79 Å². The minimum atomic E-state index is -0.276. The van der Waals surface area contributed by atoms with Crippen LogP contribution in [0.1, 0.15) is 12.0 Å². The fraction of sp³-hybridized carbons (Fsp3) is 0.417. The quantitative estimate of drug-likeness (QED) is 0.823. The molecule has 1 atom stereocenters. The number of benzene rings is 1. The number of halogens is 1. The first-order chi connectivity index (χ1) is 7.61. The summed E-state index contributed by atoms with van der Waals surface area (Å²) in [5.74, 6) is -0.0583. The first-order valence-electron chi connectivity index (χ1n) is 5.38. The van der Waals surface area contributed by atoms with Gasteiger partial charge in [-0.1, -0.05) is 6.07 Å². The van der Waals surface area contributed by atoms with E-state index in [-0.39, 0.29) is 17.6 Å². The minimum absolute atomic E-state index is 0.0266. The van der Waals surface area contributed by atoms with E-state index in [1.54, 1.807) is 24.0 Å². The second-order valence-corrected chi connectivity index (χ2v) is 4.24. The predicted octanol–water partition coefficient (Wildman–Crippen LogP) is 1.45. The number of carbonyl (C=O) groups is 1. The van der Waals surface area contributed by atoms with Crippen LogP contribution < -0.4 is 10.6 Å². The van der Waals surface area contributed by atoms with Crippen LogP contribution >= 0.6 is 0 Å². The lowest BCUT2D eigenvalue weighted by Gasteiger charge is -2.17. The van der Waals surface area contributed by atoms with Crippen molar-refractivity contribution in [2.45, 2.75) is 13.3 Å². The molecule has 0 spiro atoms. The average Bonchev–Trinajstić information content (AvgIpc) is 2.64. The maximum absolute atomic E-state index is 13.4. The molecule has 4 heteroatoms. The molecule has 86 valence electrons. The van der Waals surface area contributed by atoms with Crippen LogP contribution in [0.25, 0.3) is 0 Å². The summed E-state index contributed by atoms with van der Waals surface area (Å²) in [5, 5.41) is 0. The lowest BCUT2D eigenvalue weighted by atomic mass is 10.1. The van der Waals surface area contributed by atoms with Crippen LogP contribution in [-0.4, -0.2) is 19.0 Å². The Morgan fingerprint density at radius 1 is 1.56 bits per heavy atom. The van der Waals surface area contributed by atoms with E-state index in [2.05, 4.69) is 0 Å². The molecule has 1 amide bonds. The Morgan fingerprint density at radius 3 is 2.88 bits per heavy atom. The summed E-state index contributed by atoms with van der Waals surface area (Å²) in [5.41, 5.74) is 6.75. The van der Waals surface area contributed by atoms with Crippen LogP contribution in [0.15, 0.2) is 18.2 Å². The molecule has 1 unspecified atom stereocenters. The van der Waals surface area contributed by atoms with Gasteiger partial charge in [-0.25, -0.2) is 4.39 Å². The third kappa shape index (κ3) is 1.93. The van der Waals surface area contributed by atoms with E-state index in [4.69, 9.17) is 5.73 Å². The lowest BCUT2D eigenvalue weighted by Crippen LogP contribution is -2.25. The second-order valence-electron chi connectivity index (χ2n) is 4.24. The van der Waals surface area contributed by atoms with Gasteiger partial charge in [0.25, 0.3) is 0 Å². The van der Waals surface area contributed by atoms with Crippen LogP contribution in [0.2, 0.25) is 0 Å². The number of carbonyl (C=O) groups excluding carboxylic acids is 1. The number of aryl methyl sites for hydroxylation is 1. The van der Waals surface area contributed by atoms with E-state index in [0.717, 1.165) is 0 Å². The van der Waals surface area contributed by atoms with Gasteiger partial charge in [0.15, 0.2) is 0 Å². The monoisotopic (exact) mass is 222 g/mol. The summed E-state index contributed by atoms with van der Waals surface area (Å²) in [6.45, 7) is 2.79. The van der Waals surface area contributed by atoms with Gasteiger partial charge in [0, 0.05) is 18.7 Å². The third-order valence-corrected chi connectivity index (χ3v) is 3.01. The summed E-state index contributed by atoms with van der Waals surface area (Å²) in [7, 11) is 0. The molecular formula is C12H15FN2O. The zero-order valence-corrected chi connectivity index (χ0v) is 9.24. The van der Waals surface area contributed by atoms with Gasteiger partial charge in [-0.3, -0.25) is 4.79 Å². The summed E-state index contributed by atoms with van der Waals surface area (Å²) >= 11 is 0. The van der Waals surface area contributed by atoms with E-state index in [1.165, 1.54) is 6.07 Å². The number of nitrogens with zero attached hydrogens (tertiary/aromatic N) is 1. The fourth-order valence-corrected chi connectivity index (χ4v) is 1.94. The molecule has 16 heavy (non-hydrogen) atoms. The highest BCUT2D eigenvalue weighted by molar-refractivity contribution is 5.95. The molecule has 1 fully saturated rings. The van der Waals surface area contributed by atoms with Gasteiger partial charge in [0.1, 0.15) is 5.82 Å². The van der Waals surface area contributed by atoms with E-state index < -0.39 is 0 Å². The molecule has 1 aliphatic rings. The standard InChI is InChI=1S/C12H15FN2O/c1-8-2-3-10(5-11(8)13)15-7-9(6-14)4-12(15)16/h2-3,5,9H,4,6-7,14H2,1H3. The summed E-state index contributed by atoms with van der Waals surface area (Å²) < 4.78 is 13.4. The van der Waals surface area contributed by atoms with Crippen molar-refractivity contribution in [2.75, 3.05) is 18.0 Å². The molecule has 2 rings (SSSR count). The molecular weight excluding hydrogens is 207 g/mol. The molecule has 0 aromatic heterocycles. The number of anilines is 1. The Bertz CT molecular complexity index is 419. The highest BCUT2D eigenvalue weighted by atomic mass is 19.1. The molecule has 0 bridgehead atoms. The van der Waals surface area contributed by atoms with Crippen molar-refractivity contribution < 1.29 is 9.18 Å². The van der Waals surface area contributed by atoms with E-state index in [0.29, 0.717) is 30.8 Å². The zero-order valence-electron chi connectivity index (χ0n) is 9.24. The van der Waals surface area contributed by atoms with E-state index in [1.807, 2.05) is 0 Å². The third-order valence-electron chi connectivity index (χ3n) is 3.01. The lowest BCUT2D eigenvalue weighted by molar-refractivity contribution is -0.117. The Labute approximate surface area is 94.0 Å². The van der Waals surface area contributed by atoms with Gasteiger partial charge in [-0.2, -0.15) is 0 Å². The molecule has 0 saturated carbocycles. The Kier molecular flexibility index (Phi) is 2.92. The molecule has 1 saturated heterocycles. The first kappa shape index (κ1) is 11.1. The molecule has 0 radical (unpaired) electrons.